The van der Waals surface area contributed by atoms with Gasteiger partial charge in [-0.1, -0.05) is 0 Å². The third-order valence-electron chi connectivity index (χ3n) is 4.38. The average molecular weight is 418 g/mol. The van der Waals surface area contributed by atoms with Gasteiger partial charge >= 0.3 is 5.97 Å². The van der Waals surface area contributed by atoms with Crippen molar-refractivity contribution in [2.45, 2.75) is 45.5 Å². The van der Waals surface area contributed by atoms with Gasteiger partial charge in [0.2, 0.25) is 5.88 Å². The first-order chi connectivity index (χ1) is 14.1. The number of aliphatic hydroxyl groups is 1. The van der Waals surface area contributed by atoms with Crippen LogP contribution in [0, 0.1) is 6.92 Å². The molecule has 0 spiro atoms. The van der Waals surface area contributed by atoms with Crippen molar-refractivity contribution in [3.8, 4) is 11.6 Å². The van der Waals surface area contributed by atoms with Crippen molar-refractivity contribution >= 4 is 17.7 Å². The average Bonchev–Trinajstić information content (AvgIpc) is 3.07. The van der Waals surface area contributed by atoms with Gasteiger partial charge in [-0.05, 0) is 33.8 Å². The van der Waals surface area contributed by atoms with Crippen molar-refractivity contribution in [1.29, 1.82) is 0 Å². The number of aliphatic hydroxyl groups excluding tert-OH is 1. The summed E-state index contributed by atoms with van der Waals surface area (Å²) in [7, 11) is 1.52. The Morgan fingerprint density at radius 3 is 2.77 bits per heavy atom. The first kappa shape index (κ1) is 21.7. The van der Waals surface area contributed by atoms with E-state index < -0.39 is 29.7 Å². The summed E-state index contributed by atoms with van der Waals surface area (Å²) in [6.07, 6.45) is -1.49. The van der Waals surface area contributed by atoms with Gasteiger partial charge in [-0.2, -0.15) is 0 Å². The Balaban J connectivity index is 1.82. The van der Waals surface area contributed by atoms with E-state index >= 15 is 0 Å². The molecule has 1 fully saturated rings. The molecule has 2 aromatic heterocycles. The largest absolute Gasteiger partial charge is 0.481 e. The molecule has 0 radical (unpaired) electrons. The number of rotatable bonds is 5. The fourth-order valence-corrected chi connectivity index (χ4v) is 3.04. The SMILES string of the molecule is COc1cc(-n2nc(N3CCO[C@H]([C@@H](O)C(=O)OC(C)(C)C)C3=O)cc2C)ccn1. The quantitative estimate of drug-likeness (QED) is 0.716. The smallest absolute Gasteiger partial charge is 0.338 e. The van der Waals surface area contributed by atoms with Gasteiger partial charge in [-0.3, -0.25) is 9.69 Å². The summed E-state index contributed by atoms with van der Waals surface area (Å²) < 4.78 is 17.4. The number of methoxy groups -OCH3 is 1. The summed E-state index contributed by atoms with van der Waals surface area (Å²) in [5, 5.41) is 14.9. The molecule has 10 heteroatoms. The lowest BCUT2D eigenvalue weighted by Gasteiger charge is -2.33. The van der Waals surface area contributed by atoms with E-state index in [1.165, 1.54) is 12.0 Å². The molecular weight excluding hydrogens is 392 g/mol. The zero-order valence-corrected chi connectivity index (χ0v) is 17.7. The van der Waals surface area contributed by atoms with Crippen molar-refractivity contribution in [2.24, 2.45) is 0 Å². The van der Waals surface area contributed by atoms with Crippen LogP contribution in [0.25, 0.3) is 5.69 Å². The molecule has 0 bridgehead atoms. The number of carbonyl (C=O) groups excluding carboxylic acids is 2. The van der Waals surface area contributed by atoms with Crippen LogP contribution in [0.15, 0.2) is 24.4 Å². The molecule has 3 rings (SSSR count). The number of esters is 1. The predicted octanol–water partition coefficient (Wildman–Crippen LogP) is 1.02. The minimum absolute atomic E-state index is 0.144. The van der Waals surface area contributed by atoms with E-state index in [1.54, 1.807) is 49.8 Å². The van der Waals surface area contributed by atoms with Crippen molar-refractivity contribution in [1.82, 2.24) is 14.8 Å². The van der Waals surface area contributed by atoms with Crippen LogP contribution in [-0.2, 0) is 19.1 Å². The van der Waals surface area contributed by atoms with Gasteiger partial charge in [0.25, 0.3) is 5.91 Å². The number of aryl methyl sites for hydroxylation is 1. The molecule has 1 aliphatic rings. The molecule has 0 saturated carbocycles. The number of amides is 1. The van der Waals surface area contributed by atoms with Gasteiger partial charge in [0.05, 0.1) is 25.9 Å². The lowest BCUT2D eigenvalue weighted by Crippen LogP contribution is -2.55. The van der Waals surface area contributed by atoms with E-state index in [2.05, 4.69) is 10.1 Å². The Morgan fingerprint density at radius 1 is 1.37 bits per heavy atom. The molecule has 1 amide bonds. The molecule has 0 aliphatic carbocycles. The highest BCUT2D eigenvalue weighted by molar-refractivity contribution is 5.99. The fourth-order valence-electron chi connectivity index (χ4n) is 3.04. The van der Waals surface area contributed by atoms with Crippen LogP contribution in [-0.4, -0.2) is 69.8 Å². The molecule has 2 atom stereocenters. The lowest BCUT2D eigenvalue weighted by molar-refractivity contribution is -0.177. The second-order valence-corrected chi connectivity index (χ2v) is 7.87. The lowest BCUT2D eigenvalue weighted by atomic mass is 10.1. The van der Waals surface area contributed by atoms with Gasteiger partial charge < -0.3 is 19.3 Å². The molecule has 1 N–H and O–H groups in total. The normalized spacial score (nSPS) is 18.3. The Bertz CT molecular complexity index is 936. The molecule has 162 valence electrons. The molecule has 1 saturated heterocycles. The second-order valence-electron chi connectivity index (χ2n) is 7.87. The first-order valence-corrected chi connectivity index (χ1v) is 9.51. The van der Waals surface area contributed by atoms with Gasteiger partial charge in [0, 0.05) is 24.0 Å². The van der Waals surface area contributed by atoms with E-state index in [-0.39, 0.29) is 13.2 Å². The maximum Gasteiger partial charge on any atom is 0.338 e. The van der Waals surface area contributed by atoms with Crippen LogP contribution >= 0.6 is 0 Å². The molecule has 2 aromatic rings. The summed E-state index contributed by atoms with van der Waals surface area (Å²) in [5.74, 6) is -0.644. The topological polar surface area (TPSA) is 116 Å². The minimum Gasteiger partial charge on any atom is -0.481 e. The number of morpholine rings is 1. The third kappa shape index (κ3) is 4.60. The fraction of sp³-hybridized carbons (Fsp3) is 0.500. The summed E-state index contributed by atoms with van der Waals surface area (Å²) >= 11 is 0. The number of aromatic nitrogens is 3. The zero-order chi connectivity index (χ0) is 22.1. The molecule has 10 nitrogen and oxygen atoms in total. The molecule has 1 aliphatic heterocycles. The number of ether oxygens (including phenoxy) is 3. The Labute approximate surface area is 174 Å². The van der Waals surface area contributed by atoms with Crippen molar-refractivity contribution in [2.75, 3.05) is 25.2 Å². The molecular formula is C20H26N4O6. The van der Waals surface area contributed by atoms with E-state index in [0.717, 1.165) is 11.4 Å². The number of pyridine rings is 1. The third-order valence-corrected chi connectivity index (χ3v) is 4.38. The van der Waals surface area contributed by atoms with Crippen LogP contribution < -0.4 is 9.64 Å². The van der Waals surface area contributed by atoms with Gasteiger partial charge in [0.1, 0.15) is 5.60 Å². The maximum atomic E-state index is 12.9. The highest BCUT2D eigenvalue weighted by atomic mass is 16.6. The van der Waals surface area contributed by atoms with E-state index in [1.807, 2.05) is 6.92 Å². The summed E-state index contributed by atoms with van der Waals surface area (Å²) in [5.41, 5.74) is 0.704. The van der Waals surface area contributed by atoms with Crippen LogP contribution in [0.3, 0.4) is 0 Å². The highest BCUT2D eigenvalue weighted by Crippen LogP contribution is 2.24. The molecule has 3 heterocycles. The number of anilines is 1. The van der Waals surface area contributed by atoms with Gasteiger partial charge in [-0.25, -0.2) is 14.5 Å². The van der Waals surface area contributed by atoms with Crippen LogP contribution in [0.2, 0.25) is 0 Å². The first-order valence-electron chi connectivity index (χ1n) is 9.51. The highest BCUT2D eigenvalue weighted by Gasteiger charge is 2.41. The summed E-state index contributed by atoms with van der Waals surface area (Å²) in [6.45, 7) is 7.27. The van der Waals surface area contributed by atoms with Crippen molar-refractivity contribution < 1.29 is 28.9 Å². The molecule has 0 unspecified atom stereocenters. The second kappa shape index (κ2) is 8.41. The van der Waals surface area contributed by atoms with E-state index in [0.29, 0.717) is 11.7 Å². The number of nitrogens with zero attached hydrogens (tertiary/aromatic N) is 4. The number of hydrogen-bond acceptors (Lipinski definition) is 8. The van der Waals surface area contributed by atoms with E-state index in [4.69, 9.17) is 14.2 Å². The van der Waals surface area contributed by atoms with E-state index in [9.17, 15) is 14.7 Å². The standard InChI is InChI=1S/C20H26N4O6/c1-12-10-14(22-24(12)13-6-7-21-15(11-13)28-5)23-8-9-29-17(18(23)26)16(25)19(27)30-20(2,3)4/h6-7,10-11,16-17,25H,8-9H2,1-5H3/t16-,17-/m1/s1. The monoisotopic (exact) mass is 418 g/mol. The summed E-state index contributed by atoms with van der Waals surface area (Å²) in [4.78, 5) is 30.6. The number of hydrogen-bond donors (Lipinski definition) is 1. The molecule has 0 aromatic carbocycles. The Kier molecular flexibility index (Phi) is 6.09. The number of carbonyl (C=O) groups is 2. The summed E-state index contributed by atoms with van der Waals surface area (Å²) in [6, 6.07) is 5.23. The minimum atomic E-state index is -1.73. The molecule has 30 heavy (non-hydrogen) atoms. The van der Waals surface area contributed by atoms with Crippen LogP contribution in [0.4, 0.5) is 5.82 Å². The van der Waals surface area contributed by atoms with Gasteiger partial charge in [0.15, 0.2) is 18.0 Å². The van der Waals surface area contributed by atoms with Crippen LogP contribution in [0.1, 0.15) is 26.5 Å². The van der Waals surface area contributed by atoms with Crippen molar-refractivity contribution in [3.05, 3.63) is 30.1 Å². The Hall–Kier alpha value is -2.98. The predicted molar refractivity (Wildman–Crippen MR) is 107 cm³/mol. The van der Waals surface area contributed by atoms with Crippen molar-refractivity contribution in [3.63, 3.8) is 0 Å². The van der Waals surface area contributed by atoms with Gasteiger partial charge in [-0.15, -0.1) is 5.10 Å². The zero-order valence-electron chi connectivity index (χ0n) is 17.7. The van der Waals surface area contributed by atoms with Crippen LogP contribution in [0.5, 0.6) is 5.88 Å². The maximum absolute atomic E-state index is 12.9. The Morgan fingerprint density at radius 2 is 2.10 bits per heavy atom.